The third-order valence-corrected chi connectivity index (χ3v) is 2.59. The number of hydrogen-bond acceptors (Lipinski definition) is 6. The number of aryl methyl sites for hydroxylation is 2. The summed E-state index contributed by atoms with van der Waals surface area (Å²) in [6.45, 7) is 3.70. The first-order chi connectivity index (χ1) is 8.79. The van der Waals surface area contributed by atoms with Crippen molar-refractivity contribution in [2.75, 3.05) is 17.6 Å². The van der Waals surface area contributed by atoms with Gasteiger partial charge >= 0.3 is 0 Å². The summed E-state index contributed by atoms with van der Waals surface area (Å²) in [6.07, 6.45) is 7.11. The van der Waals surface area contributed by atoms with E-state index in [4.69, 9.17) is 5.73 Å². The molecule has 2 rings (SSSR count). The molecule has 0 saturated carbocycles. The van der Waals surface area contributed by atoms with Gasteiger partial charge in [-0.2, -0.15) is 4.98 Å². The van der Waals surface area contributed by atoms with Gasteiger partial charge in [0, 0.05) is 31.0 Å². The van der Waals surface area contributed by atoms with Gasteiger partial charge in [0.1, 0.15) is 5.82 Å². The van der Waals surface area contributed by atoms with Crippen LogP contribution in [0.5, 0.6) is 0 Å². The zero-order valence-corrected chi connectivity index (χ0v) is 10.4. The Morgan fingerprint density at radius 2 is 2.33 bits per heavy atom. The van der Waals surface area contributed by atoms with Crippen molar-refractivity contribution in [2.24, 2.45) is 0 Å². The van der Waals surface area contributed by atoms with Crippen LogP contribution in [-0.4, -0.2) is 31.5 Å². The van der Waals surface area contributed by atoms with Crippen LogP contribution >= 0.6 is 0 Å². The van der Waals surface area contributed by atoms with Crippen LogP contribution in [0.25, 0.3) is 0 Å². The quantitative estimate of drug-likeness (QED) is 0.730. The van der Waals surface area contributed by atoms with E-state index in [1.807, 2.05) is 6.20 Å². The average Bonchev–Trinajstić information content (AvgIpc) is 2.88. The van der Waals surface area contributed by atoms with Crippen molar-refractivity contribution < 1.29 is 0 Å². The van der Waals surface area contributed by atoms with Crippen LogP contribution in [0.15, 0.2) is 18.6 Å². The Morgan fingerprint density at radius 1 is 1.44 bits per heavy atom. The van der Waals surface area contributed by atoms with E-state index in [-0.39, 0.29) is 0 Å². The maximum absolute atomic E-state index is 5.58. The number of hydrogen-bond donors (Lipinski definition) is 2. The normalized spacial score (nSPS) is 10.5. The molecular weight excluding hydrogens is 230 g/mol. The van der Waals surface area contributed by atoms with Crippen molar-refractivity contribution in [3.05, 3.63) is 24.2 Å². The lowest BCUT2D eigenvalue weighted by Gasteiger charge is -2.09. The fourth-order valence-corrected chi connectivity index (χ4v) is 1.63. The molecule has 0 atom stereocenters. The zero-order chi connectivity index (χ0) is 12.8. The Bertz CT molecular complexity index is 480. The van der Waals surface area contributed by atoms with Gasteiger partial charge in [-0.25, -0.2) is 4.98 Å². The smallest absolute Gasteiger partial charge is 0.221 e. The van der Waals surface area contributed by atoms with Crippen LogP contribution in [0, 0.1) is 0 Å². The molecule has 96 valence electrons. The van der Waals surface area contributed by atoms with Gasteiger partial charge in [0.2, 0.25) is 5.95 Å². The lowest BCUT2D eigenvalue weighted by molar-refractivity contribution is 0.569. The monoisotopic (exact) mass is 247 g/mol. The van der Waals surface area contributed by atoms with Crippen molar-refractivity contribution in [1.29, 1.82) is 0 Å². The summed E-state index contributed by atoms with van der Waals surface area (Å²) in [7, 11) is 0. The van der Waals surface area contributed by atoms with Crippen LogP contribution in [0.3, 0.4) is 0 Å². The minimum Gasteiger partial charge on any atom is -0.370 e. The summed E-state index contributed by atoms with van der Waals surface area (Å²) in [5.74, 6) is 1.12. The predicted octanol–water partition coefficient (Wildman–Crippen LogP) is 0.715. The maximum Gasteiger partial charge on any atom is 0.221 e. The minimum absolute atomic E-state index is 0.297. The third kappa shape index (κ3) is 3.16. The van der Waals surface area contributed by atoms with E-state index in [2.05, 4.69) is 32.5 Å². The van der Waals surface area contributed by atoms with E-state index in [9.17, 15) is 0 Å². The van der Waals surface area contributed by atoms with Crippen LogP contribution < -0.4 is 11.1 Å². The molecule has 0 amide bonds. The highest BCUT2D eigenvalue weighted by Crippen LogP contribution is 2.12. The van der Waals surface area contributed by atoms with Gasteiger partial charge in [-0.1, -0.05) is 12.1 Å². The topological polar surface area (TPSA) is 94.5 Å². The van der Waals surface area contributed by atoms with Gasteiger partial charge in [-0.3, -0.25) is 4.68 Å². The van der Waals surface area contributed by atoms with Crippen molar-refractivity contribution in [2.45, 2.75) is 26.3 Å². The lowest BCUT2D eigenvalue weighted by atomic mass is 10.2. The van der Waals surface area contributed by atoms with Crippen molar-refractivity contribution >= 4 is 11.8 Å². The van der Waals surface area contributed by atoms with Gasteiger partial charge in [0.05, 0.1) is 6.20 Å². The van der Waals surface area contributed by atoms with Crippen LogP contribution in [-0.2, 0) is 13.0 Å². The number of rotatable bonds is 6. The molecule has 0 radical (unpaired) electrons. The molecule has 0 unspecified atom stereocenters. The van der Waals surface area contributed by atoms with E-state index in [0.29, 0.717) is 5.95 Å². The molecule has 0 aliphatic carbocycles. The fourth-order valence-electron chi connectivity index (χ4n) is 1.63. The molecule has 0 aliphatic rings. The average molecular weight is 247 g/mol. The molecule has 2 aromatic rings. The van der Waals surface area contributed by atoms with E-state index < -0.39 is 0 Å². The number of anilines is 2. The van der Waals surface area contributed by atoms with Gasteiger partial charge in [-0.05, 0) is 12.8 Å². The molecule has 0 saturated heterocycles. The van der Waals surface area contributed by atoms with Gasteiger partial charge in [0.15, 0.2) is 0 Å². The largest absolute Gasteiger partial charge is 0.370 e. The summed E-state index contributed by atoms with van der Waals surface area (Å²) >= 11 is 0. The first-order valence-electron chi connectivity index (χ1n) is 5.99. The molecule has 7 nitrogen and oxygen atoms in total. The predicted molar refractivity (Wildman–Crippen MR) is 69.0 cm³/mol. The summed E-state index contributed by atoms with van der Waals surface area (Å²) in [5.41, 5.74) is 6.65. The molecule has 18 heavy (non-hydrogen) atoms. The number of nitrogen functional groups attached to an aromatic ring is 1. The van der Waals surface area contributed by atoms with Gasteiger partial charge in [0.25, 0.3) is 0 Å². The van der Waals surface area contributed by atoms with Crippen LogP contribution in [0.1, 0.15) is 18.9 Å². The highest BCUT2D eigenvalue weighted by molar-refractivity contribution is 5.45. The number of nitrogens with zero attached hydrogens (tertiary/aromatic N) is 5. The molecule has 0 aromatic carbocycles. The molecule has 2 heterocycles. The maximum atomic E-state index is 5.58. The van der Waals surface area contributed by atoms with Crippen LogP contribution in [0.2, 0.25) is 0 Å². The van der Waals surface area contributed by atoms with Gasteiger partial charge < -0.3 is 11.1 Å². The van der Waals surface area contributed by atoms with E-state index >= 15 is 0 Å². The number of aromatic nitrogens is 5. The number of nitrogens with one attached hydrogen (secondary N) is 1. The first-order valence-corrected chi connectivity index (χ1v) is 5.99. The van der Waals surface area contributed by atoms with E-state index in [1.165, 1.54) is 0 Å². The highest BCUT2D eigenvalue weighted by atomic mass is 15.4. The van der Waals surface area contributed by atoms with Crippen molar-refractivity contribution in [1.82, 2.24) is 25.0 Å². The second kappa shape index (κ2) is 5.95. The fraction of sp³-hybridized carbons (Fsp3) is 0.455. The second-order valence-electron chi connectivity index (χ2n) is 3.90. The highest BCUT2D eigenvalue weighted by Gasteiger charge is 2.03. The molecule has 0 aliphatic heterocycles. The Hall–Kier alpha value is -2.18. The molecule has 2 aromatic heterocycles. The van der Waals surface area contributed by atoms with Crippen LogP contribution in [0.4, 0.5) is 11.8 Å². The molecule has 7 heteroatoms. The van der Waals surface area contributed by atoms with Crippen molar-refractivity contribution in [3.63, 3.8) is 0 Å². The third-order valence-electron chi connectivity index (χ3n) is 2.59. The Morgan fingerprint density at radius 3 is 3.06 bits per heavy atom. The zero-order valence-electron chi connectivity index (χ0n) is 10.4. The van der Waals surface area contributed by atoms with Crippen molar-refractivity contribution in [3.8, 4) is 0 Å². The number of nitrogens with two attached hydrogens (primary N) is 1. The van der Waals surface area contributed by atoms with E-state index in [0.717, 1.165) is 37.3 Å². The summed E-state index contributed by atoms with van der Waals surface area (Å²) in [4.78, 5) is 8.18. The van der Waals surface area contributed by atoms with Gasteiger partial charge in [-0.15, -0.1) is 5.10 Å². The molecule has 0 fully saturated rings. The molecule has 0 spiro atoms. The molecular formula is C11H17N7. The SMILES string of the molecule is CCc1cnc(N)nc1NCCCn1ccnn1. The lowest BCUT2D eigenvalue weighted by Crippen LogP contribution is -2.11. The summed E-state index contributed by atoms with van der Waals surface area (Å²) in [5, 5.41) is 10.9. The standard InChI is InChI=1S/C11H17N7/c1-2-9-8-14-11(12)16-10(9)13-4-3-6-18-7-5-15-17-18/h5,7-8H,2-4,6H2,1H3,(H3,12,13,14,16). The Kier molecular flexibility index (Phi) is 4.06. The minimum atomic E-state index is 0.297. The molecule has 3 N–H and O–H groups in total. The summed E-state index contributed by atoms with van der Waals surface area (Å²) in [6, 6.07) is 0. The Labute approximate surface area is 105 Å². The second-order valence-corrected chi connectivity index (χ2v) is 3.90. The Balaban J connectivity index is 1.84. The summed E-state index contributed by atoms with van der Waals surface area (Å²) < 4.78 is 1.80. The van der Waals surface area contributed by atoms with E-state index in [1.54, 1.807) is 17.1 Å². The molecule has 0 bridgehead atoms. The first kappa shape index (κ1) is 12.3.